The minimum Gasteiger partial charge on any atom is -0.491 e. The Morgan fingerprint density at radius 3 is 2.61 bits per heavy atom. The highest BCUT2D eigenvalue weighted by molar-refractivity contribution is 5.97. The molecule has 1 aliphatic heterocycles. The molecule has 168 valence electrons. The second kappa shape index (κ2) is 10.5. The van der Waals surface area contributed by atoms with Crippen molar-refractivity contribution in [2.24, 2.45) is 13.0 Å². The van der Waals surface area contributed by atoms with Crippen LogP contribution in [-0.4, -0.2) is 63.7 Å². The number of benzene rings is 1. The average Bonchev–Trinajstić information content (AvgIpc) is 3.18. The molecule has 1 aliphatic rings. The number of aromatic nitrogens is 2. The van der Waals surface area contributed by atoms with Gasteiger partial charge in [-0.05, 0) is 50.3 Å². The molecule has 1 aromatic heterocycles. The number of ether oxygens (including phenoxy) is 1. The lowest BCUT2D eigenvalue weighted by Gasteiger charge is -2.34. The van der Waals surface area contributed by atoms with Gasteiger partial charge in [0, 0.05) is 32.9 Å². The molecule has 7 nitrogen and oxygen atoms in total. The van der Waals surface area contributed by atoms with Crippen LogP contribution < -0.4 is 4.74 Å². The standard InChI is InChI=1S/C24H34N4O3/c1-5-27-14-8-9-15-28(24(30)21-12-13-25-26(21)4)19(16-18(2)3)17-31-22-11-7-6-10-20(22)23(27)29/h6-7,10-13,18-19H,5,8-9,14-17H2,1-4H3/t19-/m0/s1. The average molecular weight is 427 g/mol. The van der Waals surface area contributed by atoms with Gasteiger partial charge >= 0.3 is 0 Å². The highest BCUT2D eigenvalue weighted by Crippen LogP contribution is 2.24. The number of fused-ring (bicyclic) bond motifs is 1. The maximum Gasteiger partial charge on any atom is 0.272 e. The molecule has 0 N–H and O–H groups in total. The number of carbonyl (C=O) groups is 2. The maximum atomic E-state index is 13.5. The van der Waals surface area contributed by atoms with Crippen molar-refractivity contribution >= 4 is 11.8 Å². The summed E-state index contributed by atoms with van der Waals surface area (Å²) < 4.78 is 7.82. The van der Waals surface area contributed by atoms with Gasteiger partial charge in [0.05, 0.1) is 11.6 Å². The van der Waals surface area contributed by atoms with Gasteiger partial charge in [-0.3, -0.25) is 14.3 Å². The Bertz CT molecular complexity index is 892. The van der Waals surface area contributed by atoms with Crippen LogP contribution in [0.2, 0.25) is 0 Å². The molecule has 0 bridgehead atoms. The zero-order valence-corrected chi connectivity index (χ0v) is 19.1. The molecule has 1 atom stereocenters. The molecule has 2 aromatic rings. The van der Waals surface area contributed by atoms with Gasteiger partial charge in [-0.15, -0.1) is 0 Å². The number of hydrogen-bond acceptors (Lipinski definition) is 4. The van der Waals surface area contributed by atoms with E-state index in [2.05, 4.69) is 18.9 Å². The molecular weight excluding hydrogens is 392 g/mol. The molecule has 0 saturated carbocycles. The Morgan fingerprint density at radius 1 is 1.19 bits per heavy atom. The number of carbonyl (C=O) groups excluding carboxylic acids is 2. The van der Waals surface area contributed by atoms with Crippen molar-refractivity contribution in [2.45, 2.75) is 46.1 Å². The molecule has 0 fully saturated rings. The van der Waals surface area contributed by atoms with Gasteiger partial charge in [-0.25, -0.2) is 0 Å². The molecule has 3 rings (SSSR count). The Balaban J connectivity index is 1.95. The van der Waals surface area contributed by atoms with E-state index in [1.165, 1.54) is 0 Å². The fraction of sp³-hybridized carbons (Fsp3) is 0.542. The monoisotopic (exact) mass is 426 g/mol. The normalized spacial score (nSPS) is 18.2. The molecule has 7 heteroatoms. The topological polar surface area (TPSA) is 67.7 Å². The highest BCUT2D eigenvalue weighted by atomic mass is 16.5. The minimum absolute atomic E-state index is 0.00176. The van der Waals surface area contributed by atoms with E-state index in [-0.39, 0.29) is 17.9 Å². The first-order chi connectivity index (χ1) is 14.9. The van der Waals surface area contributed by atoms with E-state index in [4.69, 9.17) is 4.74 Å². The molecular formula is C24H34N4O3. The van der Waals surface area contributed by atoms with Gasteiger partial charge in [0.15, 0.2) is 0 Å². The second-order valence-corrected chi connectivity index (χ2v) is 8.52. The summed E-state index contributed by atoms with van der Waals surface area (Å²) in [5.74, 6) is 0.953. The minimum atomic E-state index is -0.0905. The van der Waals surface area contributed by atoms with Crippen molar-refractivity contribution < 1.29 is 14.3 Å². The van der Waals surface area contributed by atoms with E-state index in [1.807, 2.05) is 41.0 Å². The van der Waals surface area contributed by atoms with Crippen LogP contribution in [0.25, 0.3) is 0 Å². The molecule has 0 radical (unpaired) electrons. The summed E-state index contributed by atoms with van der Waals surface area (Å²) in [6.07, 6.45) is 4.13. The van der Waals surface area contributed by atoms with Crippen LogP contribution in [-0.2, 0) is 7.05 Å². The fourth-order valence-electron chi connectivity index (χ4n) is 4.12. The summed E-state index contributed by atoms with van der Waals surface area (Å²) >= 11 is 0. The molecule has 0 saturated heterocycles. The number of para-hydroxylation sites is 1. The second-order valence-electron chi connectivity index (χ2n) is 8.52. The Kier molecular flexibility index (Phi) is 7.71. The van der Waals surface area contributed by atoms with Crippen LogP contribution in [0.3, 0.4) is 0 Å². The SMILES string of the molecule is CCN1CCCCN(C(=O)c2ccnn2C)[C@@H](CC(C)C)COc2ccccc2C1=O. The molecule has 0 unspecified atom stereocenters. The summed E-state index contributed by atoms with van der Waals surface area (Å²) in [6.45, 7) is 8.56. The molecule has 31 heavy (non-hydrogen) atoms. The zero-order valence-electron chi connectivity index (χ0n) is 19.1. The first-order valence-electron chi connectivity index (χ1n) is 11.2. The molecule has 1 aromatic carbocycles. The third-order valence-electron chi connectivity index (χ3n) is 5.78. The Labute approximate surface area is 185 Å². The van der Waals surface area contributed by atoms with Crippen LogP contribution in [0, 0.1) is 5.92 Å². The van der Waals surface area contributed by atoms with Crippen molar-refractivity contribution in [3.63, 3.8) is 0 Å². The maximum absolute atomic E-state index is 13.5. The summed E-state index contributed by atoms with van der Waals surface area (Å²) in [4.78, 5) is 30.3. The lowest BCUT2D eigenvalue weighted by atomic mass is 10.0. The summed E-state index contributed by atoms with van der Waals surface area (Å²) in [5, 5.41) is 4.17. The van der Waals surface area contributed by atoms with Crippen molar-refractivity contribution in [3.8, 4) is 5.75 Å². The largest absolute Gasteiger partial charge is 0.491 e. The molecule has 0 spiro atoms. The predicted octanol–water partition coefficient (Wildman–Crippen LogP) is 3.61. The number of nitrogens with zero attached hydrogens (tertiary/aromatic N) is 4. The van der Waals surface area contributed by atoms with E-state index in [1.54, 1.807) is 24.0 Å². The van der Waals surface area contributed by atoms with Gasteiger partial charge in [0.25, 0.3) is 11.8 Å². The number of aryl methyl sites for hydroxylation is 1. The van der Waals surface area contributed by atoms with Gasteiger partial charge in [-0.1, -0.05) is 26.0 Å². The van der Waals surface area contributed by atoms with Crippen LogP contribution in [0.15, 0.2) is 36.5 Å². The quantitative estimate of drug-likeness (QED) is 0.749. The molecule has 0 aliphatic carbocycles. The highest BCUT2D eigenvalue weighted by Gasteiger charge is 2.29. The van der Waals surface area contributed by atoms with Crippen LogP contribution in [0.1, 0.15) is 60.9 Å². The van der Waals surface area contributed by atoms with Gasteiger partial charge in [0.1, 0.15) is 18.1 Å². The van der Waals surface area contributed by atoms with Gasteiger partial charge in [0.2, 0.25) is 0 Å². The van der Waals surface area contributed by atoms with E-state index < -0.39 is 0 Å². The predicted molar refractivity (Wildman–Crippen MR) is 120 cm³/mol. The smallest absolute Gasteiger partial charge is 0.272 e. The van der Waals surface area contributed by atoms with Crippen LogP contribution >= 0.6 is 0 Å². The van der Waals surface area contributed by atoms with E-state index in [0.717, 1.165) is 19.3 Å². The van der Waals surface area contributed by atoms with Crippen molar-refractivity contribution in [2.75, 3.05) is 26.2 Å². The zero-order chi connectivity index (χ0) is 22.4. The van der Waals surface area contributed by atoms with E-state index >= 15 is 0 Å². The van der Waals surface area contributed by atoms with E-state index in [9.17, 15) is 9.59 Å². The fourth-order valence-corrected chi connectivity index (χ4v) is 4.12. The third kappa shape index (κ3) is 5.46. The lowest BCUT2D eigenvalue weighted by molar-refractivity contribution is 0.0545. The number of hydrogen-bond donors (Lipinski definition) is 0. The Hall–Kier alpha value is -2.83. The van der Waals surface area contributed by atoms with Gasteiger partial charge in [-0.2, -0.15) is 5.10 Å². The third-order valence-corrected chi connectivity index (χ3v) is 5.78. The van der Waals surface area contributed by atoms with Crippen molar-refractivity contribution in [1.29, 1.82) is 0 Å². The van der Waals surface area contributed by atoms with Crippen molar-refractivity contribution in [3.05, 3.63) is 47.8 Å². The summed E-state index contributed by atoms with van der Waals surface area (Å²) in [7, 11) is 1.79. The van der Waals surface area contributed by atoms with Gasteiger partial charge < -0.3 is 14.5 Å². The number of amides is 2. The van der Waals surface area contributed by atoms with Crippen LogP contribution in [0.5, 0.6) is 5.75 Å². The first-order valence-corrected chi connectivity index (χ1v) is 11.2. The first kappa shape index (κ1) is 22.8. The van der Waals surface area contributed by atoms with E-state index in [0.29, 0.717) is 49.2 Å². The summed E-state index contributed by atoms with van der Waals surface area (Å²) in [6, 6.07) is 9.08. The van der Waals surface area contributed by atoms with Crippen LogP contribution in [0.4, 0.5) is 0 Å². The van der Waals surface area contributed by atoms with Crippen molar-refractivity contribution in [1.82, 2.24) is 19.6 Å². The number of rotatable bonds is 4. The summed E-state index contributed by atoms with van der Waals surface area (Å²) in [5.41, 5.74) is 1.16. The Morgan fingerprint density at radius 2 is 1.94 bits per heavy atom. The lowest BCUT2D eigenvalue weighted by Crippen LogP contribution is -2.46. The molecule has 2 heterocycles. The molecule has 2 amide bonds.